The second-order valence-corrected chi connectivity index (χ2v) is 5.19. The number of para-hydroxylation sites is 1. The first-order chi connectivity index (χ1) is 10.7. The molecule has 0 aliphatic carbocycles. The van der Waals surface area contributed by atoms with E-state index >= 15 is 0 Å². The van der Waals surface area contributed by atoms with Crippen LogP contribution in [0.25, 0.3) is 0 Å². The number of aliphatic hydroxyl groups is 2. The number of hydrogen-bond donors (Lipinski definition) is 3. The van der Waals surface area contributed by atoms with Gasteiger partial charge in [-0.3, -0.25) is 0 Å². The van der Waals surface area contributed by atoms with Crippen molar-refractivity contribution < 1.29 is 14.9 Å². The van der Waals surface area contributed by atoms with Crippen LogP contribution in [0.15, 0.2) is 48.5 Å². The summed E-state index contributed by atoms with van der Waals surface area (Å²) in [5.74, 6) is 0.792. The number of rotatable bonds is 8. The van der Waals surface area contributed by atoms with E-state index in [1.807, 2.05) is 48.5 Å². The molecule has 0 bridgehead atoms. The monoisotopic (exact) mass is 301 g/mol. The molecule has 1 unspecified atom stereocenters. The number of aliphatic hydroxyl groups excluding tert-OH is 2. The summed E-state index contributed by atoms with van der Waals surface area (Å²) < 4.78 is 5.54. The molecular formula is C18H23NO3. The van der Waals surface area contributed by atoms with Crippen molar-refractivity contribution in [2.75, 3.05) is 13.2 Å². The fourth-order valence-electron chi connectivity index (χ4n) is 2.29. The van der Waals surface area contributed by atoms with Crippen molar-refractivity contribution in [1.82, 2.24) is 5.32 Å². The quantitative estimate of drug-likeness (QED) is 0.700. The Morgan fingerprint density at radius 3 is 2.68 bits per heavy atom. The highest BCUT2D eigenvalue weighted by Gasteiger charge is 2.08. The Morgan fingerprint density at radius 1 is 1.09 bits per heavy atom. The van der Waals surface area contributed by atoms with Crippen LogP contribution in [0.2, 0.25) is 0 Å². The van der Waals surface area contributed by atoms with Gasteiger partial charge in [0.2, 0.25) is 0 Å². The predicted octanol–water partition coefficient (Wildman–Crippen LogP) is 2.40. The summed E-state index contributed by atoms with van der Waals surface area (Å²) in [6.07, 6.45) is 0. The topological polar surface area (TPSA) is 61.7 Å². The van der Waals surface area contributed by atoms with Gasteiger partial charge < -0.3 is 20.3 Å². The van der Waals surface area contributed by atoms with E-state index in [1.165, 1.54) is 0 Å². The Kier molecular flexibility index (Phi) is 6.40. The van der Waals surface area contributed by atoms with Crippen LogP contribution in [0, 0.1) is 0 Å². The maximum absolute atomic E-state index is 9.21. The molecule has 3 N–H and O–H groups in total. The zero-order valence-corrected chi connectivity index (χ0v) is 12.8. The Bertz CT molecular complexity index is 586. The largest absolute Gasteiger partial charge is 0.491 e. The Morgan fingerprint density at radius 2 is 1.91 bits per heavy atom. The lowest BCUT2D eigenvalue weighted by Crippen LogP contribution is -2.19. The molecule has 0 aliphatic heterocycles. The molecule has 118 valence electrons. The zero-order chi connectivity index (χ0) is 15.8. The minimum absolute atomic E-state index is 0.00607. The maximum Gasteiger partial charge on any atom is 0.123 e. The Hall–Kier alpha value is -1.88. The van der Waals surface area contributed by atoms with Crippen LogP contribution in [0.3, 0.4) is 0 Å². The molecule has 4 nitrogen and oxygen atoms in total. The van der Waals surface area contributed by atoms with Crippen molar-refractivity contribution in [2.45, 2.75) is 26.1 Å². The standard InChI is InChI=1S/C18H23NO3/c1-14(16-7-4-5-15(11-16)13-21)19-12-17-6-2-3-8-18(17)22-10-9-20/h2-8,11,14,19-21H,9-10,12-13H2,1H3. The smallest absolute Gasteiger partial charge is 0.123 e. The van der Waals surface area contributed by atoms with Crippen molar-refractivity contribution >= 4 is 0 Å². The van der Waals surface area contributed by atoms with Crippen molar-refractivity contribution in [3.63, 3.8) is 0 Å². The molecule has 0 saturated heterocycles. The molecule has 0 radical (unpaired) electrons. The van der Waals surface area contributed by atoms with Crippen molar-refractivity contribution in [3.8, 4) is 5.75 Å². The van der Waals surface area contributed by atoms with Gasteiger partial charge in [0.05, 0.1) is 13.2 Å². The number of ether oxygens (including phenoxy) is 1. The molecule has 0 amide bonds. The van der Waals surface area contributed by atoms with E-state index in [-0.39, 0.29) is 19.3 Å². The zero-order valence-electron chi connectivity index (χ0n) is 12.8. The van der Waals surface area contributed by atoms with Crippen LogP contribution in [0.4, 0.5) is 0 Å². The van der Waals surface area contributed by atoms with Gasteiger partial charge in [-0.15, -0.1) is 0 Å². The van der Waals surface area contributed by atoms with Gasteiger partial charge in [0.1, 0.15) is 12.4 Å². The molecule has 1 atom stereocenters. The fourth-order valence-corrected chi connectivity index (χ4v) is 2.29. The predicted molar refractivity (Wildman–Crippen MR) is 86.6 cm³/mol. The van der Waals surface area contributed by atoms with Gasteiger partial charge >= 0.3 is 0 Å². The van der Waals surface area contributed by atoms with Gasteiger partial charge in [-0.1, -0.05) is 42.5 Å². The SMILES string of the molecule is CC(NCc1ccccc1OCCO)c1cccc(CO)c1. The molecule has 0 aliphatic rings. The number of nitrogens with one attached hydrogen (secondary N) is 1. The van der Waals surface area contributed by atoms with E-state index in [2.05, 4.69) is 12.2 Å². The van der Waals surface area contributed by atoms with E-state index in [0.29, 0.717) is 13.2 Å². The van der Waals surface area contributed by atoms with Gasteiger partial charge in [0, 0.05) is 18.2 Å². The minimum Gasteiger partial charge on any atom is -0.491 e. The van der Waals surface area contributed by atoms with E-state index in [1.54, 1.807) is 0 Å². The average molecular weight is 301 g/mol. The lowest BCUT2D eigenvalue weighted by molar-refractivity contribution is 0.200. The summed E-state index contributed by atoms with van der Waals surface area (Å²) in [6.45, 7) is 3.12. The highest BCUT2D eigenvalue weighted by atomic mass is 16.5. The molecule has 2 aromatic rings. The lowest BCUT2D eigenvalue weighted by atomic mass is 10.0. The molecule has 4 heteroatoms. The van der Waals surface area contributed by atoms with Crippen LogP contribution < -0.4 is 10.1 Å². The second kappa shape index (κ2) is 8.54. The summed E-state index contributed by atoms with van der Waals surface area (Å²) in [6, 6.07) is 15.9. The summed E-state index contributed by atoms with van der Waals surface area (Å²) >= 11 is 0. The van der Waals surface area contributed by atoms with Crippen LogP contribution in [-0.4, -0.2) is 23.4 Å². The van der Waals surface area contributed by atoms with Crippen LogP contribution >= 0.6 is 0 Å². The minimum atomic E-state index is 0.00607. The molecule has 22 heavy (non-hydrogen) atoms. The fraction of sp³-hybridized carbons (Fsp3) is 0.333. The molecule has 2 aromatic carbocycles. The van der Waals surface area contributed by atoms with Gasteiger partial charge in [-0.25, -0.2) is 0 Å². The van der Waals surface area contributed by atoms with E-state index in [4.69, 9.17) is 9.84 Å². The van der Waals surface area contributed by atoms with Gasteiger partial charge in [-0.05, 0) is 24.1 Å². The first kappa shape index (κ1) is 16.5. The molecule has 0 spiro atoms. The third-order valence-electron chi connectivity index (χ3n) is 3.55. The van der Waals surface area contributed by atoms with Crippen molar-refractivity contribution in [3.05, 3.63) is 65.2 Å². The average Bonchev–Trinajstić information content (AvgIpc) is 2.58. The second-order valence-electron chi connectivity index (χ2n) is 5.19. The van der Waals surface area contributed by atoms with Crippen LogP contribution in [0.5, 0.6) is 5.75 Å². The van der Waals surface area contributed by atoms with E-state index < -0.39 is 0 Å². The van der Waals surface area contributed by atoms with Crippen molar-refractivity contribution in [2.24, 2.45) is 0 Å². The molecule has 0 fully saturated rings. The van der Waals surface area contributed by atoms with Gasteiger partial charge in [0.15, 0.2) is 0 Å². The Labute approximate surface area is 131 Å². The van der Waals surface area contributed by atoms with E-state index in [0.717, 1.165) is 22.4 Å². The molecule has 0 saturated carbocycles. The highest BCUT2D eigenvalue weighted by molar-refractivity contribution is 5.33. The summed E-state index contributed by atoms with van der Waals surface area (Å²) in [5.41, 5.74) is 3.11. The highest BCUT2D eigenvalue weighted by Crippen LogP contribution is 2.20. The van der Waals surface area contributed by atoms with Crippen molar-refractivity contribution in [1.29, 1.82) is 0 Å². The van der Waals surface area contributed by atoms with E-state index in [9.17, 15) is 5.11 Å². The number of benzene rings is 2. The molecule has 0 heterocycles. The first-order valence-electron chi connectivity index (χ1n) is 7.49. The van der Waals surface area contributed by atoms with Gasteiger partial charge in [0.25, 0.3) is 0 Å². The molecule has 2 rings (SSSR count). The summed E-state index contributed by atoms with van der Waals surface area (Å²) in [7, 11) is 0. The van der Waals surface area contributed by atoms with Crippen LogP contribution in [-0.2, 0) is 13.2 Å². The Balaban J connectivity index is 2.00. The first-order valence-corrected chi connectivity index (χ1v) is 7.49. The normalized spacial score (nSPS) is 12.1. The lowest BCUT2D eigenvalue weighted by Gasteiger charge is -2.17. The number of hydrogen-bond acceptors (Lipinski definition) is 4. The summed E-state index contributed by atoms with van der Waals surface area (Å²) in [5, 5.41) is 21.5. The van der Waals surface area contributed by atoms with Gasteiger partial charge in [-0.2, -0.15) is 0 Å². The maximum atomic E-state index is 9.21. The molecule has 0 aromatic heterocycles. The van der Waals surface area contributed by atoms with Crippen LogP contribution in [0.1, 0.15) is 29.7 Å². The third-order valence-corrected chi connectivity index (χ3v) is 3.55. The summed E-state index contributed by atoms with van der Waals surface area (Å²) in [4.78, 5) is 0. The molecular weight excluding hydrogens is 278 g/mol. The third kappa shape index (κ3) is 4.56.